The van der Waals surface area contributed by atoms with E-state index in [2.05, 4.69) is 10.0 Å². The van der Waals surface area contributed by atoms with Crippen molar-refractivity contribution >= 4 is 0 Å². The van der Waals surface area contributed by atoms with Crippen molar-refractivity contribution in [2.24, 2.45) is 5.11 Å². The van der Waals surface area contributed by atoms with Gasteiger partial charge in [-0.25, -0.2) is 0 Å². The van der Waals surface area contributed by atoms with E-state index in [1.807, 2.05) is 36.4 Å². The lowest BCUT2D eigenvalue weighted by Crippen LogP contribution is -2.01. The van der Waals surface area contributed by atoms with Gasteiger partial charge in [0.15, 0.2) is 6.23 Å². The largest absolute Gasteiger partial charge is 0.363 e. The van der Waals surface area contributed by atoms with E-state index in [0.717, 1.165) is 11.1 Å². The summed E-state index contributed by atoms with van der Waals surface area (Å²) in [6.45, 7) is 0.352. The second-order valence-electron chi connectivity index (χ2n) is 4.09. The van der Waals surface area contributed by atoms with Crippen LogP contribution in [0.3, 0.4) is 0 Å². The van der Waals surface area contributed by atoms with Crippen LogP contribution in [-0.4, -0.2) is 0 Å². The number of hydrogen-bond donors (Lipinski definition) is 0. The summed E-state index contributed by atoms with van der Waals surface area (Å²) in [7, 11) is 0. The van der Waals surface area contributed by atoms with Crippen molar-refractivity contribution in [1.29, 1.82) is 5.26 Å². The monoisotopic (exact) mass is 264 g/mol. The molecule has 2 rings (SSSR count). The molecule has 0 aromatic heterocycles. The lowest BCUT2D eigenvalue weighted by atomic mass is 10.1. The number of nitrogens with zero attached hydrogens (tertiary/aromatic N) is 4. The SMILES string of the molecule is N#Cc1ccc(C(N=[N+]=[N-])OCc2ccccc2)cc1. The average Bonchev–Trinajstić information content (AvgIpc) is 2.52. The molecule has 20 heavy (non-hydrogen) atoms. The predicted molar refractivity (Wildman–Crippen MR) is 74.3 cm³/mol. The van der Waals surface area contributed by atoms with Crippen LogP contribution in [0.1, 0.15) is 22.9 Å². The number of benzene rings is 2. The first kappa shape index (κ1) is 13.6. The second-order valence-corrected chi connectivity index (χ2v) is 4.09. The average molecular weight is 264 g/mol. The van der Waals surface area contributed by atoms with Gasteiger partial charge < -0.3 is 4.74 Å². The Morgan fingerprint density at radius 2 is 1.85 bits per heavy atom. The zero-order valence-electron chi connectivity index (χ0n) is 10.7. The molecule has 0 saturated heterocycles. The van der Waals surface area contributed by atoms with E-state index in [-0.39, 0.29) is 0 Å². The quantitative estimate of drug-likeness (QED) is 0.463. The summed E-state index contributed by atoms with van der Waals surface area (Å²) in [6.07, 6.45) is -0.701. The van der Waals surface area contributed by atoms with E-state index in [0.29, 0.717) is 12.2 Å². The molecular formula is C15H12N4O. The number of nitriles is 1. The van der Waals surface area contributed by atoms with Gasteiger partial charge in [0, 0.05) is 4.91 Å². The van der Waals surface area contributed by atoms with Crippen LogP contribution in [0.2, 0.25) is 0 Å². The van der Waals surface area contributed by atoms with Crippen LogP contribution in [0.15, 0.2) is 59.7 Å². The molecule has 0 spiro atoms. The molecule has 0 aliphatic rings. The van der Waals surface area contributed by atoms with Crippen molar-refractivity contribution in [3.63, 3.8) is 0 Å². The first-order valence-corrected chi connectivity index (χ1v) is 6.03. The van der Waals surface area contributed by atoms with Crippen LogP contribution in [0.4, 0.5) is 0 Å². The van der Waals surface area contributed by atoms with Crippen LogP contribution in [0, 0.1) is 11.3 Å². The second kappa shape index (κ2) is 6.95. The van der Waals surface area contributed by atoms with Gasteiger partial charge in [-0.15, -0.1) is 0 Å². The molecule has 5 heteroatoms. The molecule has 1 atom stereocenters. The summed E-state index contributed by atoms with van der Waals surface area (Å²) in [5.41, 5.74) is 10.9. The van der Waals surface area contributed by atoms with Gasteiger partial charge in [-0.1, -0.05) is 47.6 Å². The zero-order chi connectivity index (χ0) is 14.2. The third kappa shape index (κ3) is 3.59. The molecule has 98 valence electrons. The van der Waals surface area contributed by atoms with Crippen molar-refractivity contribution < 1.29 is 4.74 Å². The molecule has 0 aliphatic heterocycles. The highest BCUT2D eigenvalue weighted by atomic mass is 16.5. The number of hydrogen-bond acceptors (Lipinski definition) is 3. The Labute approximate surface area is 116 Å². The van der Waals surface area contributed by atoms with Gasteiger partial charge >= 0.3 is 0 Å². The molecule has 2 aromatic rings. The molecular weight excluding hydrogens is 252 g/mol. The molecule has 0 aliphatic carbocycles. The van der Waals surface area contributed by atoms with Crippen LogP contribution >= 0.6 is 0 Å². The third-order valence-electron chi connectivity index (χ3n) is 2.73. The summed E-state index contributed by atoms with van der Waals surface area (Å²) >= 11 is 0. The van der Waals surface area contributed by atoms with Gasteiger partial charge in [0.05, 0.1) is 18.2 Å². The first-order valence-electron chi connectivity index (χ1n) is 6.03. The van der Waals surface area contributed by atoms with Crippen molar-refractivity contribution in [3.8, 4) is 6.07 Å². The summed E-state index contributed by atoms with van der Waals surface area (Å²) in [5, 5.41) is 12.4. The minimum absolute atomic E-state index is 0.352. The highest BCUT2D eigenvalue weighted by molar-refractivity contribution is 5.32. The van der Waals surface area contributed by atoms with Crippen LogP contribution in [0.25, 0.3) is 10.4 Å². The minimum Gasteiger partial charge on any atom is -0.363 e. The van der Waals surface area contributed by atoms with Gasteiger partial charge in [0.25, 0.3) is 0 Å². The van der Waals surface area contributed by atoms with Crippen molar-refractivity contribution in [3.05, 3.63) is 81.7 Å². The molecule has 0 radical (unpaired) electrons. The zero-order valence-corrected chi connectivity index (χ0v) is 10.7. The molecule has 0 bridgehead atoms. The lowest BCUT2D eigenvalue weighted by Gasteiger charge is -2.13. The van der Waals surface area contributed by atoms with Gasteiger partial charge in [-0.3, -0.25) is 0 Å². The van der Waals surface area contributed by atoms with E-state index >= 15 is 0 Å². The van der Waals surface area contributed by atoms with Gasteiger partial charge in [-0.05, 0) is 28.8 Å². The number of azide groups is 1. The van der Waals surface area contributed by atoms with Crippen molar-refractivity contribution in [1.82, 2.24) is 0 Å². The van der Waals surface area contributed by atoms with E-state index in [1.54, 1.807) is 24.3 Å². The Balaban J connectivity index is 2.10. The van der Waals surface area contributed by atoms with Gasteiger partial charge in [-0.2, -0.15) is 5.26 Å². The van der Waals surface area contributed by atoms with Gasteiger partial charge in [0.1, 0.15) is 0 Å². The fourth-order valence-electron chi connectivity index (χ4n) is 1.71. The van der Waals surface area contributed by atoms with Gasteiger partial charge in [0.2, 0.25) is 0 Å². The van der Waals surface area contributed by atoms with E-state index in [1.165, 1.54) is 0 Å². The topological polar surface area (TPSA) is 81.8 Å². The van der Waals surface area contributed by atoms with Crippen molar-refractivity contribution in [2.45, 2.75) is 12.8 Å². The maximum Gasteiger partial charge on any atom is 0.162 e. The summed E-state index contributed by atoms with van der Waals surface area (Å²) in [5.74, 6) is 0. The smallest absolute Gasteiger partial charge is 0.162 e. The first-order chi connectivity index (χ1) is 9.83. The normalized spacial score (nSPS) is 11.2. The minimum atomic E-state index is -0.701. The summed E-state index contributed by atoms with van der Waals surface area (Å²) in [4.78, 5) is 2.80. The lowest BCUT2D eigenvalue weighted by molar-refractivity contribution is 0.0444. The van der Waals surface area contributed by atoms with Crippen LogP contribution in [-0.2, 0) is 11.3 Å². The molecule has 0 amide bonds. The number of ether oxygens (including phenoxy) is 1. The third-order valence-corrected chi connectivity index (χ3v) is 2.73. The Bertz CT molecular complexity index is 640. The van der Waals surface area contributed by atoms with E-state index in [4.69, 9.17) is 15.5 Å². The van der Waals surface area contributed by atoms with Crippen LogP contribution < -0.4 is 0 Å². The fraction of sp³-hybridized carbons (Fsp3) is 0.133. The Morgan fingerprint density at radius 3 is 2.45 bits per heavy atom. The molecule has 2 aromatic carbocycles. The highest BCUT2D eigenvalue weighted by Crippen LogP contribution is 2.21. The van der Waals surface area contributed by atoms with Crippen molar-refractivity contribution in [2.75, 3.05) is 0 Å². The summed E-state index contributed by atoms with van der Waals surface area (Å²) in [6, 6.07) is 18.5. The Kier molecular flexibility index (Phi) is 4.74. The molecule has 5 nitrogen and oxygen atoms in total. The maximum atomic E-state index is 8.76. The molecule has 1 unspecified atom stereocenters. The predicted octanol–water partition coefficient (Wildman–Crippen LogP) is 4.08. The Morgan fingerprint density at radius 1 is 1.15 bits per heavy atom. The Hall–Kier alpha value is -2.80. The van der Waals surface area contributed by atoms with E-state index in [9.17, 15) is 0 Å². The van der Waals surface area contributed by atoms with Crippen LogP contribution in [0.5, 0.6) is 0 Å². The molecule has 0 fully saturated rings. The maximum absolute atomic E-state index is 8.76. The highest BCUT2D eigenvalue weighted by Gasteiger charge is 2.10. The molecule has 0 N–H and O–H groups in total. The molecule has 0 heterocycles. The standard InChI is InChI=1S/C15H12N4O/c16-10-12-6-8-14(9-7-12)15(18-19-17)20-11-13-4-2-1-3-5-13/h1-9,15H,11H2. The molecule has 0 saturated carbocycles. The number of rotatable bonds is 5. The fourth-order valence-corrected chi connectivity index (χ4v) is 1.71. The van der Waals surface area contributed by atoms with E-state index < -0.39 is 6.23 Å². The summed E-state index contributed by atoms with van der Waals surface area (Å²) < 4.78 is 5.62.